The lowest BCUT2D eigenvalue weighted by atomic mass is 10.4. The molecule has 0 atom stereocenters. The topological polar surface area (TPSA) is 53.9 Å². The molecule has 1 saturated heterocycles. The summed E-state index contributed by atoms with van der Waals surface area (Å²) in [4.78, 5) is 14.7. The zero-order valence-electron chi connectivity index (χ0n) is 9.57. The Hall–Kier alpha value is -1.10. The van der Waals surface area contributed by atoms with Crippen LogP contribution in [0.1, 0.15) is 26.7 Å². The first-order valence-electron chi connectivity index (χ1n) is 5.58. The average molecular weight is 242 g/mol. The summed E-state index contributed by atoms with van der Waals surface area (Å²) in [5.41, 5.74) is 0. The molecule has 0 spiro atoms. The number of hydrogen-bond acceptors (Lipinski definition) is 5. The predicted octanol–water partition coefficient (Wildman–Crippen LogP) is 1.95. The Morgan fingerprint density at radius 1 is 1.19 bits per heavy atom. The molecule has 0 unspecified atom stereocenters. The fourth-order valence-electron chi connectivity index (χ4n) is 1.72. The largest absolute Gasteiger partial charge is 0.352 e. The molecule has 6 heteroatoms. The zero-order chi connectivity index (χ0) is 11.5. The lowest BCUT2D eigenvalue weighted by Gasteiger charge is -2.16. The summed E-state index contributed by atoms with van der Waals surface area (Å²) in [6.45, 7) is 6.07. The summed E-state index contributed by atoms with van der Waals surface area (Å²) in [7, 11) is 0. The quantitative estimate of drug-likeness (QED) is 0.877. The zero-order valence-corrected chi connectivity index (χ0v) is 10.3. The number of hydrogen-bond donors (Lipinski definition) is 1. The summed E-state index contributed by atoms with van der Waals surface area (Å²) >= 11 is 5.88. The maximum atomic E-state index is 5.88. The van der Waals surface area contributed by atoms with Crippen molar-refractivity contribution in [1.29, 1.82) is 0 Å². The Bertz CT molecular complexity index is 362. The molecule has 0 aliphatic carbocycles. The fraction of sp³-hybridized carbons (Fsp3) is 0.700. The second-order valence-electron chi connectivity index (χ2n) is 4.22. The molecular formula is C10H16ClN5. The minimum Gasteiger partial charge on any atom is -0.352 e. The Kier molecular flexibility index (Phi) is 3.43. The minimum atomic E-state index is 0.250. The molecule has 16 heavy (non-hydrogen) atoms. The third-order valence-electron chi connectivity index (χ3n) is 2.40. The average Bonchev–Trinajstić information content (AvgIpc) is 2.67. The maximum absolute atomic E-state index is 5.88. The second-order valence-corrected chi connectivity index (χ2v) is 4.56. The van der Waals surface area contributed by atoms with Crippen LogP contribution in [0.4, 0.5) is 11.9 Å². The number of rotatable bonds is 3. The molecule has 1 aliphatic heterocycles. The van der Waals surface area contributed by atoms with Crippen LogP contribution in [-0.2, 0) is 0 Å². The first-order valence-corrected chi connectivity index (χ1v) is 5.96. The SMILES string of the molecule is CC(C)Nc1nc(Cl)nc(N2CCCC2)n1. The molecule has 0 saturated carbocycles. The van der Waals surface area contributed by atoms with Crippen LogP contribution in [0.25, 0.3) is 0 Å². The van der Waals surface area contributed by atoms with E-state index in [-0.39, 0.29) is 11.3 Å². The van der Waals surface area contributed by atoms with E-state index in [0.29, 0.717) is 11.9 Å². The van der Waals surface area contributed by atoms with Crippen molar-refractivity contribution in [1.82, 2.24) is 15.0 Å². The van der Waals surface area contributed by atoms with Crippen molar-refractivity contribution in [2.75, 3.05) is 23.3 Å². The van der Waals surface area contributed by atoms with E-state index in [1.165, 1.54) is 12.8 Å². The second kappa shape index (κ2) is 4.82. The highest BCUT2D eigenvalue weighted by molar-refractivity contribution is 6.28. The Morgan fingerprint density at radius 2 is 1.88 bits per heavy atom. The summed E-state index contributed by atoms with van der Waals surface area (Å²) in [6.07, 6.45) is 2.38. The first kappa shape index (κ1) is 11.4. The lowest BCUT2D eigenvalue weighted by molar-refractivity contribution is 0.842. The molecule has 1 N–H and O–H groups in total. The number of halogens is 1. The van der Waals surface area contributed by atoms with Gasteiger partial charge >= 0.3 is 0 Å². The van der Waals surface area contributed by atoms with Crippen LogP contribution in [0, 0.1) is 0 Å². The van der Waals surface area contributed by atoms with Crippen molar-refractivity contribution in [3.8, 4) is 0 Å². The van der Waals surface area contributed by atoms with Gasteiger partial charge in [-0.05, 0) is 38.3 Å². The lowest BCUT2D eigenvalue weighted by Crippen LogP contribution is -2.22. The highest BCUT2D eigenvalue weighted by Crippen LogP contribution is 2.18. The molecule has 0 aromatic carbocycles. The number of anilines is 2. The van der Waals surface area contributed by atoms with Crippen molar-refractivity contribution >= 4 is 23.5 Å². The highest BCUT2D eigenvalue weighted by Gasteiger charge is 2.16. The molecule has 5 nitrogen and oxygen atoms in total. The van der Waals surface area contributed by atoms with Gasteiger partial charge in [-0.25, -0.2) is 0 Å². The molecular weight excluding hydrogens is 226 g/mol. The molecule has 0 amide bonds. The molecule has 88 valence electrons. The van der Waals surface area contributed by atoms with Crippen molar-refractivity contribution in [3.05, 3.63) is 5.28 Å². The van der Waals surface area contributed by atoms with E-state index in [9.17, 15) is 0 Å². The van der Waals surface area contributed by atoms with E-state index < -0.39 is 0 Å². The number of aromatic nitrogens is 3. The molecule has 2 rings (SSSR count). The molecule has 1 fully saturated rings. The van der Waals surface area contributed by atoms with Gasteiger partial charge < -0.3 is 10.2 Å². The summed E-state index contributed by atoms with van der Waals surface area (Å²) in [6, 6.07) is 0.282. The number of nitrogens with one attached hydrogen (secondary N) is 1. The standard InChI is InChI=1S/C10H16ClN5/c1-7(2)12-9-13-8(11)14-10(15-9)16-5-3-4-6-16/h7H,3-6H2,1-2H3,(H,12,13,14,15). The normalized spacial score (nSPS) is 15.9. The van der Waals surface area contributed by atoms with Crippen molar-refractivity contribution in [3.63, 3.8) is 0 Å². The van der Waals surface area contributed by atoms with Crippen LogP contribution in [0.3, 0.4) is 0 Å². The Morgan fingerprint density at radius 3 is 2.50 bits per heavy atom. The maximum Gasteiger partial charge on any atom is 0.231 e. The van der Waals surface area contributed by atoms with Crippen LogP contribution in [-0.4, -0.2) is 34.1 Å². The summed E-state index contributed by atoms with van der Waals surface area (Å²) in [5, 5.41) is 3.39. The molecule has 1 aromatic heterocycles. The van der Waals surface area contributed by atoms with Gasteiger partial charge in [0.1, 0.15) is 0 Å². The first-order chi connectivity index (χ1) is 7.65. The van der Waals surface area contributed by atoms with Gasteiger partial charge in [0.25, 0.3) is 0 Å². The van der Waals surface area contributed by atoms with E-state index in [0.717, 1.165) is 13.1 Å². The molecule has 1 aromatic rings. The third-order valence-corrected chi connectivity index (χ3v) is 2.57. The molecule has 0 bridgehead atoms. The fourth-order valence-corrected chi connectivity index (χ4v) is 1.88. The van der Waals surface area contributed by atoms with Gasteiger partial charge in [-0.1, -0.05) is 0 Å². The Balaban J connectivity index is 2.20. The number of nitrogens with zero attached hydrogens (tertiary/aromatic N) is 4. The monoisotopic (exact) mass is 241 g/mol. The van der Waals surface area contributed by atoms with Crippen LogP contribution in [0.2, 0.25) is 5.28 Å². The van der Waals surface area contributed by atoms with Crippen LogP contribution in [0.5, 0.6) is 0 Å². The summed E-state index contributed by atoms with van der Waals surface area (Å²) in [5.74, 6) is 1.23. The van der Waals surface area contributed by atoms with Crippen molar-refractivity contribution < 1.29 is 0 Å². The van der Waals surface area contributed by atoms with Crippen LogP contribution in [0.15, 0.2) is 0 Å². The molecule has 2 heterocycles. The summed E-state index contributed by atoms with van der Waals surface area (Å²) < 4.78 is 0. The van der Waals surface area contributed by atoms with E-state index in [1.54, 1.807) is 0 Å². The van der Waals surface area contributed by atoms with E-state index in [4.69, 9.17) is 11.6 Å². The molecule has 0 radical (unpaired) electrons. The third kappa shape index (κ3) is 2.72. The van der Waals surface area contributed by atoms with Gasteiger partial charge in [0, 0.05) is 19.1 Å². The van der Waals surface area contributed by atoms with Crippen LogP contribution < -0.4 is 10.2 Å². The van der Waals surface area contributed by atoms with Gasteiger partial charge in [0.05, 0.1) is 0 Å². The van der Waals surface area contributed by atoms with E-state index in [2.05, 4.69) is 25.2 Å². The predicted molar refractivity (Wildman–Crippen MR) is 65.0 cm³/mol. The highest BCUT2D eigenvalue weighted by atomic mass is 35.5. The van der Waals surface area contributed by atoms with E-state index >= 15 is 0 Å². The minimum absolute atomic E-state index is 0.250. The van der Waals surface area contributed by atoms with Crippen LogP contribution >= 0.6 is 11.6 Å². The van der Waals surface area contributed by atoms with Crippen molar-refractivity contribution in [2.24, 2.45) is 0 Å². The van der Waals surface area contributed by atoms with Gasteiger partial charge in [0.2, 0.25) is 17.2 Å². The van der Waals surface area contributed by atoms with Gasteiger partial charge in [-0.3, -0.25) is 0 Å². The van der Waals surface area contributed by atoms with Gasteiger partial charge in [-0.15, -0.1) is 0 Å². The molecule has 1 aliphatic rings. The van der Waals surface area contributed by atoms with Gasteiger partial charge in [0.15, 0.2) is 0 Å². The van der Waals surface area contributed by atoms with Gasteiger partial charge in [-0.2, -0.15) is 15.0 Å². The smallest absolute Gasteiger partial charge is 0.231 e. The Labute approximate surface area is 100 Å². The van der Waals surface area contributed by atoms with E-state index in [1.807, 2.05) is 13.8 Å². The van der Waals surface area contributed by atoms with Crippen molar-refractivity contribution in [2.45, 2.75) is 32.7 Å².